The number of amides is 1. The van der Waals surface area contributed by atoms with Gasteiger partial charge in [0.25, 0.3) is 0 Å². The molecule has 0 saturated carbocycles. The average Bonchev–Trinajstić information content (AvgIpc) is 2.75. The van der Waals surface area contributed by atoms with Crippen molar-refractivity contribution in [2.45, 2.75) is 32.3 Å². The number of aromatic nitrogens is 1. The van der Waals surface area contributed by atoms with Crippen LogP contribution < -0.4 is 5.32 Å². The lowest BCUT2D eigenvalue weighted by molar-refractivity contribution is -0.148. The Bertz CT molecular complexity index is 433. The first-order chi connectivity index (χ1) is 9.02. The second kappa shape index (κ2) is 7.85. The molecule has 1 aromatic heterocycles. The topological polar surface area (TPSA) is 88.5 Å². The van der Waals surface area contributed by atoms with Gasteiger partial charge in [0.2, 0.25) is 5.91 Å². The first kappa shape index (κ1) is 15.6. The van der Waals surface area contributed by atoms with Crippen LogP contribution in [-0.2, 0) is 20.7 Å². The third kappa shape index (κ3) is 5.80. The van der Waals surface area contributed by atoms with Crippen LogP contribution in [0.25, 0.3) is 0 Å². The maximum Gasteiger partial charge on any atom is 0.334 e. The molecule has 0 radical (unpaired) electrons. The zero-order valence-electron chi connectivity index (χ0n) is 11.0. The van der Waals surface area contributed by atoms with Crippen molar-refractivity contribution in [2.75, 3.05) is 13.7 Å². The van der Waals surface area contributed by atoms with E-state index in [1.54, 1.807) is 11.3 Å². The van der Waals surface area contributed by atoms with Crippen molar-refractivity contribution in [3.8, 4) is 0 Å². The smallest absolute Gasteiger partial charge is 0.334 e. The van der Waals surface area contributed by atoms with Gasteiger partial charge in [-0.25, -0.2) is 9.78 Å². The lowest BCUT2D eigenvalue weighted by Crippen LogP contribution is -2.37. The zero-order valence-corrected chi connectivity index (χ0v) is 11.8. The minimum absolute atomic E-state index is 0.0134. The predicted molar refractivity (Wildman–Crippen MR) is 71.2 cm³/mol. The molecule has 1 rings (SSSR count). The fraction of sp³-hybridized carbons (Fsp3) is 0.583. The lowest BCUT2D eigenvalue weighted by atomic mass is 10.2. The summed E-state index contributed by atoms with van der Waals surface area (Å²) >= 11 is 1.59. The molecule has 2 N–H and O–H groups in total. The van der Waals surface area contributed by atoms with Crippen LogP contribution in [0.3, 0.4) is 0 Å². The number of carboxylic acids is 1. The highest BCUT2D eigenvalue weighted by Gasteiger charge is 2.16. The number of thiazole rings is 1. The van der Waals surface area contributed by atoms with Crippen molar-refractivity contribution in [1.29, 1.82) is 0 Å². The molecule has 0 aliphatic carbocycles. The van der Waals surface area contributed by atoms with Crippen molar-refractivity contribution in [3.05, 3.63) is 16.1 Å². The normalized spacial score (nSPS) is 12.1. The maximum atomic E-state index is 11.5. The Morgan fingerprint density at radius 2 is 2.32 bits per heavy atom. The van der Waals surface area contributed by atoms with E-state index in [0.717, 1.165) is 17.1 Å². The minimum Gasteiger partial charge on any atom is -0.479 e. The molecule has 0 aliphatic heterocycles. The second-order valence-electron chi connectivity index (χ2n) is 4.08. The van der Waals surface area contributed by atoms with Gasteiger partial charge in [-0.2, -0.15) is 0 Å². The van der Waals surface area contributed by atoms with Crippen LogP contribution in [0.2, 0.25) is 0 Å². The maximum absolute atomic E-state index is 11.5. The molecule has 1 heterocycles. The van der Waals surface area contributed by atoms with E-state index < -0.39 is 12.1 Å². The Balaban J connectivity index is 2.19. The molecule has 0 aliphatic rings. The number of hydrogen-bond acceptors (Lipinski definition) is 5. The molecule has 1 unspecified atom stereocenters. The fourth-order valence-corrected chi connectivity index (χ4v) is 2.17. The summed E-state index contributed by atoms with van der Waals surface area (Å²) in [6, 6.07) is 0. The SMILES string of the molecule is COC(CNC(=O)CCCc1csc(C)n1)C(=O)O. The van der Waals surface area contributed by atoms with Crippen molar-refractivity contribution < 1.29 is 19.4 Å². The molecule has 6 nitrogen and oxygen atoms in total. The van der Waals surface area contributed by atoms with Gasteiger partial charge in [0, 0.05) is 18.9 Å². The summed E-state index contributed by atoms with van der Waals surface area (Å²) in [5, 5.41) is 14.3. The molecule has 1 aromatic rings. The van der Waals surface area contributed by atoms with E-state index in [1.165, 1.54) is 7.11 Å². The fourth-order valence-electron chi connectivity index (χ4n) is 1.52. The van der Waals surface area contributed by atoms with Crippen molar-refractivity contribution in [1.82, 2.24) is 10.3 Å². The van der Waals surface area contributed by atoms with Crippen LogP contribution >= 0.6 is 11.3 Å². The van der Waals surface area contributed by atoms with E-state index in [9.17, 15) is 9.59 Å². The summed E-state index contributed by atoms with van der Waals surface area (Å²) in [5.74, 6) is -1.25. The van der Waals surface area contributed by atoms with Gasteiger partial charge in [0.15, 0.2) is 6.10 Å². The number of carbonyl (C=O) groups excluding carboxylic acids is 1. The summed E-state index contributed by atoms with van der Waals surface area (Å²) in [4.78, 5) is 26.5. The number of aliphatic carboxylic acids is 1. The van der Waals surface area contributed by atoms with Gasteiger partial charge in [0.05, 0.1) is 17.2 Å². The third-order valence-electron chi connectivity index (χ3n) is 2.55. The number of rotatable bonds is 8. The van der Waals surface area contributed by atoms with Crippen molar-refractivity contribution in [3.63, 3.8) is 0 Å². The van der Waals surface area contributed by atoms with Crippen LogP contribution in [-0.4, -0.2) is 41.7 Å². The number of nitrogens with zero attached hydrogens (tertiary/aromatic N) is 1. The summed E-state index contributed by atoms with van der Waals surface area (Å²) in [5.41, 5.74) is 0.996. The Hall–Kier alpha value is -1.47. The second-order valence-corrected chi connectivity index (χ2v) is 5.14. The number of ether oxygens (including phenoxy) is 1. The molecule has 1 atom stereocenters. The average molecular weight is 286 g/mol. The number of aryl methyl sites for hydroxylation is 2. The Labute approximate surface area is 115 Å². The van der Waals surface area contributed by atoms with Crippen LogP contribution in [0.4, 0.5) is 0 Å². The monoisotopic (exact) mass is 286 g/mol. The molecule has 0 aromatic carbocycles. The summed E-state index contributed by atoms with van der Waals surface area (Å²) in [7, 11) is 1.30. The van der Waals surface area contributed by atoms with Crippen molar-refractivity contribution >= 4 is 23.2 Å². The highest BCUT2D eigenvalue weighted by atomic mass is 32.1. The van der Waals surface area contributed by atoms with Gasteiger partial charge in [-0.15, -0.1) is 11.3 Å². The van der Waals surface area contributed by atoms with E-state index in [0.29, 0.717) is 12.8 Å². The Morgan fingerprint density at radius 3 is 2.84 bits per heavy atom. The van der Waals surface area contributed by atoms with E-state index in [1.807, 2.05) is 12.3 Å². The van der Waals surface area contributed by atoms with Crippen LogP contribution in [0.5, 0.6) is 0 Å². The molecular formula is C12H18N2O4S. The van der Waals surface area contributed by atoms with Crippen molar-refractivity contribution in [2.24, 2.45) is 0 Å². The molecule has 19 heavy (non-hydrogen) atoms. The summed E-state index contributed by atoms with van der Waals surface area (Å²) in [6.45, 7) is 1.93. The molecule has 7 heteroatoms. The van der Waals surface area contributed by atoms with Crippen LogP contribution in [0, 0.1) is 6.92 Å². The van der Waals surface area contributed by atoms with Gasteiger partial charge in [-0.05, 0) is 19.8 Å². The predicted octanol–water partition coefficient (Wildman–Crippen LogP) is 0.990. The molecule has 106 valence electrons. The van der Waals surface area contributed by atoms with E-state index in [4.69, 9.17) is 9.84 Å². The van der Waals surface area contributed by atoms with E-state index in [-0.39, 0.29) is 12.5 Å². The van der Waals surface area contributed by atoms with Gasteiger partial charge in [-0.3, -0.25) is 4.79 Å². The first-order valence-electron chi connectivity index (χ1n) is 5.96. The minimum atomic E-state index is -1.08. The number of carboxylic acid groups (broad SMARTS) is 1. The molecule has 0 spiro atoms. The number of methoxy groups -OCH3 is 1. The Morgan fingerprint density at radius 1 is 1.58 bits per heavy atom. The van der Waals surface area contributed by atoms with Gasteiger partial charge < -0.3 is 15.2 Å². The molecule has 0 bridgehead atoms. The van der Waals surface area contributed by atoms with Crippen LogP contribution in [0.15, 0.2) is 5.38 Å². The highest BCUT2D eigenvalue weighted by Crippen LogP contribution is 2.10. The number of carbonyl (C=O) groups is 2. The lowest BCUT2D eigenvalue weighted by Gasteiger charge is -2.11. The molecule has 0 fully saturated rings. The quantitative estimate of drug-likeness (QED) is 0.744. The van der Waals surface area contributed by atoms with Gasteiger partial charge in [0.1, 0.15) is 0 Å². The zero-order chi connectivity index (χ0) is 14.3. The van der Waals surface area contributed by atoms with E-state index in [2.05, 4.69) is 10.3 Å². The highest BCUT2D eigenvalue weighted by molar-refractivity contribution is 7.09. The van der Waals surface area contributed by atoms with Gasteiger partial charge >= 0.3 is 5.97 Å². The Kier molecular flexibility index (Phi) is 6.44. The first-order valence-corrected chi connectivity index (χ1v) is 6.84. The standard InChI is InChI=1S/C12H18N2O4S/c1-8-14-9(7-19-8)4-3-5-11(15)13-6-10(18-2)12(16)17/h7,10H,3-6H2,1-2H3,(H,13,15)(H,16,17). The molecular weight excluding hydrogens is 268 g/mol. The largest absolute Gasteiger partial charge is 0.479 e. The summed E-state index contributed by atoms with van der Waals surface area (Å²) in [6.07, 6.45) is 0.807. The van der Waals surface area contributed by atoms with Crippen LogP contribution in [0.1, 0.15) is 23.5 Å². The third-order valence-corrected chi connectivity index (χ3v) is 3.37. The number of nitrogens with one attached hydrogen (secondary N) is 1. The molecule has 1 amide bonds. The van der Waals surface area contributed by atoms with Gasteiger partial charge in [-0.1, -0.05) is 0 Å². The van der Waals surface area contributed by atoms with E-state index >= 15 is 0 Å². The summed E-state index contributed by atoms with van der Waals surface area (Å²) < 4.78 is 4.72. The molecule has 0 saturated heterocycles. The number of hydrogen-bond donors (Lipinski definition) is 2.